The van der Waals surface area contributed by atoms with Crippen molar-refractivity contribution in [1.29, 1.82) is 0 Å². The molecule has 0 aliphatic carbocycles. The molecule has 5 heteroatoms. The number of para-hydroxylation sites is 1. The number of nitrogens with zero attached hydrogens (tertiary/aromatic N) is 2. The fourth-order valence-electron chi connectivity index (χ4n) is 2.73. The standard InChI is InChI=1S/C21H17N3OS/c25-21(22-15-18-12-7-13-26-18)20-14-19(16-8-3-1-4-9-16)23-24(20)17-10-5-2-6-11-17/h1-14H,15H2,(H,22,25). The number of amides is 1. The summed E-state index contributed by atoms with van der Waals surface area (Å²) in [5, 5.41) is 9.67. The van der Waals surface area contributed by atoms with Gasteiger partial charge in [-0.05, 0) is 29.6 Å². The second kappa shape index (κ2) is 7.37. The number of hydrogen-bond acceptors (Lipinski definition) is 3. The topological polar surface area (TPSA) is 46.9 Å². The van der Waals surface area contributed by atoms with Gasteiger partial charge in [0, 0.05) is 10.4 Å². The second-order valence-electron chi connectivity index (χ2n) is 5.79. The maximum absolute atomic E-state index is 12.8. The predicted octanol–water partition coefficient (Wildman–Crippen LogP) is 4.53. The first-order chi connectivity index (χ1) is 12.8. The molecule has 4 nitrogen and oxygen atoms in total. The van der Waals surface area contributed by atoms with Crippen molar-refractivity contribution in [3.8, 4) is 16.9 Å². The molecule has 26 heavy (non-hydrogen) atoms. The van der Waals surface area contributed by atoms with Gasteiger partial charge in [-0.3, -0.25) is 4.79 Å². The van der Waals surface area contributed by atoms with Crippen LogP contribution in [0.1, 0.15) is 15.4 Å². The summed E-state index contributed by atoms with van der Waals surface area (Å²) < 4.78 is 1.70. The maximum atomic E-state index is 12.8. The summed E-state index contributed by atoms with van der Waals surface area (Å²) in [6, 6.07) is 25.4. The van der Waals surface area contributed by atoms with E-state index >= 15 is 0 Å². The fraction of sp³-hybridized carbons (Fsp3) is 0.0476. The van der Waals surface area contributed by atoms with Crippen molar-refractivity contribution in [1.82, 2.24) is 15.1 Å². The van der Waals surface area contributed by atoms with E-state index in [0.29, 0.717) is 12.2 Å². The third kappa shape index (κ3) is 3.43. The zero-order valence-corrected chi connectivity index (χ0v) is 14.8. The monoisotopic (exact) mass is 359 g/mol. The molecule has 2 aromatic carbocycles. The second-order valence-corrected chi connectivity index (χ2v) is 6.82. The Bertz CT molecular complexity index is 992. The van der Waals surface area contributed by atoms with Crippen molar-refractivity contribution in [3.63, 3.8) is 0 Å². The molecule has 0 saturated heterocycles. The smallest absolute Gasteiger partial charge is 0.270 e. The zero-order valence-electron chi connectivity index (χ0n) is 14.0. The number of benzene rings is 2. The Hall–Kier alpha value is -3.18. The third-order valence-electron chi connectivity index (χ3n) is 4.02. The molecule has 0 fully saturated rings. The van der Waals surface area contributed by atoms with Crippen LogP contribution >= 0.6 is 11.3 Å². The molecule has 2 aromatic heterocycles. The van der Waals surface area contributed by atoms with Gasteiger partial charge < -0.3 is 5.32 Å². The van der Waals surface area contributed by atoms with Crippen molar-refractivity contribution < 1.29 is 4.79 Å². The lowest BCUT2D eigenvalue weighted by atomic mass is 10.1. The number of aromatic nitrogens is 2. The molecule has 128 valence electrons. The third-order valence-corrected chi connectivity index (χ3v) is 4.89. The van der Waals surface area contributed by atoms with Gasteiger partial charge in [-0.2, -0.15) is 5.10 Å². The highest BCUT2D eigenvalue weighted by atomic mass is 32.1. The Kier molecular flexibility index (Phi) is 4.62. The first kappa shape index (κ1) is 16.3. The van der Waals surface area contributed by atoms with Gasteiger partial charge in [0.2, 0.25) is 0 Å². The minimum Gasteiger partial charge on any atom is -0.346 e. The number of nitrogens with one attached hydrogen (secondary N) is 1. The normalized spacial score (nSPS) is 10.6. The summed E-state index contributed by atoms with van der Waals surface area (Å²) in [7, 11) is 0. The van der Waals surface area contributed by atoms with E-state index in [2.05, 4.69) is 10.4 Å². The van der Waals surface area contributed by atoms with Crippen LogP contribution in [0, 0.1) is 0 Å². The van der Waals surface area contributed by atoms with Gasteiger partial charge in [-0.1, -0.05) is 54.6 Å². The minimum atomic E-state index is -0.142. The summed E-state index contributed by atoms with van der Waals surface area (Å²) in [5.74, 6) is -0.142. The van der Waals surface area contributed by atoms with Crippen LogP contribution in [0.15, 0.2) is 84.2 Å². The molecule has 0 unspecified atom stereocenters. The molecule has 0 atom stereocenters. The first-order valence-corrected chi connectivity index (χ1v) is 9.21. The molecular weight excluding hydrogens is 342 g/mol. The van der Waals surface area contributed by atoms with Crippen LogP contribution in [0.25, 0.3) is 16.9 Å². The number of carbonyl (C=O) groups is 1. The van der Waals surface area contributed by atoms with E-state index in [4.69, 9.17) is 0 Å². The highest BCUT2D eigenvalue weighted by Crippen LogP contribution is 2.21. The quantitative estimate of drug-likeness (QED) is 0.569. The summed E-state index contributed by atoms with van der Waals surface area (Å²) in [6.45, 7) is 0.511. The lowest BCUT2D eigenvalue weighted by molar-refractivity contribution is 0.0943. The SMILES string of the molecule is O=C(NCc1cccs1)c1cc(-c2ccccc2)nn1-c1ccccc1. The van der Waals surface area contributed by atoms with E-state index in [9.17, 15) is 4.79 Å². The van der Waals surface area contributed by atoms with Crippen molar-refractivity contribution in [2.75, 3.05) is 0 Å². The van der Waals surface area contributed by atoms with Crippen LogP contribution in [0.4, 0.5) is 0 Å². The van der Waals surface area contributed by atoms with Crippen LogP contribution in [0.3, 0.4) is 0 Å². The first-order valence-electron chi connectivity index (χ1n) is 8.33. The minimum absolute atomic E-state index is 0.142. The molecule has 2 heterocycles. The zero-order chi connectivity index (χ0) is 17.8. The van der Waals surface area contributed by atoms with Crippen LogP contribution in [-0.2, 0) is 6.54 Å². The fourth-order valence-corrected chi connectivity index (χ4v) is 3.37. The molecule has 4 rings (SSSR count). The van der Waals surface area contributed by atoms with E-state index in [1.165, 1.54) is 0 Å². The Morgan fingerprint density at radius 3 is 2.38 bits per heavy atom. The van der Waals surface area contributed by atoms with Crippen molar-refractivity contribution in [2.45, 2.75) is 6.54 Å². The van der Waals surface area contributed by atoms with Gasteiger partial charge in [-0.25, -0.2) is 4.68 Å². The summed E-state index contributed by atoms with van der Waals surface area (Å²) in [5.41, 5.74) is 3.13. The number of thiophene rings is 1. The molecule has 0 saturated carbocycles. The van der Waals surface area contributed by atoms with Crippen molar-refractivity contribution in [3.05, 3.63) is 94.8 Å². The van der Waals surface area contributed by atoms with Gasteiger partial charge in [0.15, 0.2) is 0 Å². The van der Waals surface area contributed by atoms with Gasteiger partial charge in [0.1, 0.15) is 5.69 Å². The number of carbonyl (C=O) groups excluding carboxylic acids is 1. The van der Waals surface area contributed by atoms with E-state index < -0.39 is 0 Å². The average Bonchev–Trinajstić information content (AvgIpc) is 3.37. The molecule has 1 amide bonds. The highest BCUT2D eigenvalue weighted by molar-refractivity contribution is 7.09. The summed E-state index contributed by atoms with van der Waals surface area (Å²) in [6.07, 6.45) is 0. The molecule has 0 radical (unpaired) electrons. The largest absolute Gasteiger partial charge is 0.346 e. The number of rotatable bonds is 5. The molecule has 0 aliphatic heterocycles. The van der Waals surface area contributed by atoms with Gasteiger partial charge >= 0.3 is 0 Å². The Morgan fingerprint density at radius 2 is 1.69 bits per heavy atom. The Morgan fingerprint density at radius 1 is 0.962 bits per heavy atom. The molecule has 4 aromatic rings. The van der Waals surface area contributed by atoms with Crippen LogP contribution < -0.4 is 5.32 Å². The molecule has 0 spiro atoms. The van der Waals surface area contributed by atoms with Gasteiger partial charge in [0.05, 0.1) is 17.9 Å². The molecule has 0 aliphatic rings. The Balaban J connectivity index is 1.69. The highest BCUT2D eigenvalue weighted by Gasteiger charge is 2.17. The lowest BCUT2D eigenvalue weighted by Gasteiger charge is -2.07. The van der Waals surface area contributed by atoms with Crippen LogP contribution in [0.5, 0.6) is 0 Å². The predicted molar refractivity (Wildman–Crippen MR) is 104 cm³/mol. The summed E-state index contributed by atoms with van der Waals surface area (Å²) >= 11 is 1.63. The van der Waals surface area contributed by atoms with E-state index in [-0.39, 0.29) is 5.91 Å². The van der Waals surface area contributed by atoms with E-state index in [1.807, 2.05) is 84.2 Å². The Labute approximate surface area is 155 Å². The van der Waals surface area contributed by atoms with E-state index in [1.54, 1.807) is 16.0 Å². The van der Waals surface area contributed by atoms with E-state index in [0.717, 1.165) is 21.8 Å². The average molecular weight is 359 g/mol. The van der Waals surface area contributed by atoms with Crippen molar-refractivity contribution in [2.24, 2.45) is 0 Å². The van der Waals surface area contributed by atoms with Crippen molar-refractivity contribution >= 4 is 17.2 Å². The van der Waals surface area contributed by atoms with Gasteiger partial charge in [0.25, 0.3) is 5.91 Å². The van der Waals surface area contributed by atoms with Crippen LogP contribution in [-0.4, -0.2) is 15.7 Å². The molecule has 0 bridgehead atoms. The molecular formula is C21H17N3OS. The lowest BCUT2D eigenvalue weighted by Crippen LogP contribution is -2.25. The molecule has 1 N–H and O–H groups in total. The van der Waals surface area contributed by atoms with Crippen LogP contribution in [0.2, 0.25) is 0 Å². The summed E-state index contributed by atoms with van der Waals surface area (Å²) in [4.78, 5) is 13.9. The van der Waals surface area contributed by atoms with Gasteiger partial charge in [-0.15, -0.1) is 11.3 Å². The number of hydrogen-bond donors (Lipinski definition) is 1. The maximum Gasteiger partial charge on any atom is 0.270 e.